The Kier molecular flexibility index (Phi) is 7.28. The molecule has 0 atom stereocenters. The van der Waals surface area contributed by atoms with Crippen molar-refractivity contribution in [1.82, 2.24) is 9.13 Å². The maximum atomic E-state index is 2.34. The van der Waals surface area contributed by atoms with Crippen LogP contribution in [0, 0.1) is 27.7 Å². The minimum absolute atomic E-state index is 0.899. The van der Waals surface area contributed by atoms with Gasteiger partial charge in [-0.2, -0.15) is 4.57 Å². The Morgan fingerprint density at radius 2 is 0.868 bits per heavy atom. The zero-order valence-corrected chi connectivity index (χ0v) is 23.0. The van der Waals surface area contributed by atoms with E-state index in [4.69, 9.17) is 0 Å². The van der Waals surface area contributed by atoms with Crippen molar-refractivity contribution < 1.29 is 4.57 Å². The van der Waals surface area contributed by atoms with Crippen LogP contribution in [-0.4, -0.2) is 9.13 Å². The van der Waals surface area contributed by atoms with Gasteiger partial charge in [-0.25, -0.2) is 0 Å². The molecule has 0 bridgehead atoms. The summed E-state index contributed by atoms with van der Waals surface area (Å²) in [5.74, 6) is 0. The highest BCUT2D eigenvalue weighted by molar-refractivity contribution is 5.70. The average Bonchev–Trinajstić information content (AvgIpc) is 3.45. The van der Waals surface area contributed by atoms with E-state index in [-0.39, 0.29) is 0 Å². The second-order valence-electron chi connectivity index (χ2n) is 9.87. The van der Waals surface area contributed by atoms with E-state index in [1.165, 1.54) is 56.7 Å². The van der Waals surface area contributed by atoms with E-state index in [1.54, 1.807) is 0 Å². The quantitative estimate of drug-likeness (QED) is 0.201. The molecule has 0 aliphatic rings. The Hall–Kier alpha value is -4.37. The summed E-state index contributed by atoms with van der Waals surface area (Å²) in [6.45, 7) is 11.7. The van der Waals surface area contributed by atoms with Gasteiger partial charge in [-0.15, -0.1) is 0 Å². The average molecular weight is 499 g/mol. The Morgan fingerprint density at radius 3 is 1.21 bits per heavy atom. The van der Waals surface area contributed by atoms with Gasteiger partial charge in [-0.3, -0.25) is 0 Å². The first-order chi connectivity index (χ1) is 18.4. The fraction of sp³-hybridized carbons (Fsp3) is 0.171. The lowest BCUT2D eigenvalue weighted by atomic mass is 10.1. The molecule has 5 aromatic rings. The number of hydrogen-bond acceptors (Lipinski definition) is 0. The van der Waals surface area contributed by atoms with Crippen LogP contribution in [0.5, 0.6) is 0 Å². The Labute approximate surface area is 226 Å². The van der Waals surface area contributed by atoms with Crippen LogP contribution in [0.2, 0.25) is 0 Å². The molecule has 5 rings (SSSR count). The molecular formula is C35H36N3+. The van der Waals surface area contributed by atoms with E-state index in [9.17, 15) is 0 Å². The third-order valence-electron chi connectivity index (χ3n) is 7.21. The summed E-state index contributed by atoms with van der Waals surface area (Å²) < 4.78 is 6.91. The maximum Gasteiger partial charge on any atom is 0.205 e. The lowest BCUT2D eigenvalue weighted by Crippen LogP contribution is -2.38. The Morgan fingerprint density at radius 1 is 0.500 bits per heavy atom. The number of aromatic nitrogens is 3. The molecule has 3 heteroatoms. The van der Waals surface area contributed by atoms with Gasteiger partial charge in [-0.05, 0) is 112 Å². The van der Waals surface area contributed by atoms with Crippen molar-refractivity contribution in [3.63, 3.8) is 0 Å². The van der Waals surface area contributed by atoms with Gasteiger partial charge in [0.2, 0.25) is 11.4 Å². The summed E-state index contributed by atoms with van der Waals surface area (Å²) in [6, 6.07) is 32.6. The second kappa shape index (κ2) is 10.9. The molecular weight excluding hydrogens is 462 g/mol. The highest BCUT2D eigenvalue weighted by atomic mass is 15.0. The number of pyridine rings is 1. The first-order valence-electron chi connectivity index (χ1n) is 13.3. The van der Waals surface area contributed by atoms with Crippen molar-refractivity contribution in [3.8, 4) is 11.4 Å². The van der Waals surface area contributed by atoms with Gasteiger partial charge in [-0.1, -0.05) is 24.3 Å². The highest BCUT2D eigenvalue weighted by Gasteiger charge is 2.11. The van der Waals surface area contributed by atoms with Crippen LogP contribution >= 0.6 is 0 Å². The van der Waals surface area contributed by atoms with Gasteiger partial charge in [0, 0.05) is 58.4 Å². The van der Waals surface area contributed by atoms with Crippen LogP contribution < -0.4 is 4.57 Å². The first kappa shape index (κ1) is 25.3. The van der Waals surface area contributed by atoms with E-state index in [2.05, 4.69) is 164 Å². The Bertz CT molecular complexity index is 1450. The third kappa shape index (κ3) is 5.19. The Balaban J connectivity index is 1.34. The number of rotatable bonds is 7. The van der Waals surface area contributed by atoms with Crippen LogP contribution in [0.15, 0.2) is 91.0 Å². The van der Waals surface area contributed by atoms with E-state index >= 15 is 0 Å². The van der Waals surface area contributed by atoms with Crippen molar-refractivity contribution in [3.05, 3.63) is 136 Å². The molecule has 0 N–H and O–H groups in total. The molecule has 38 heavy (non-hydrogen) atoms. The lowest BCUT2D eigenvalue weighted by molar-refractivity contribution is -0.696. The summed E-state index contributed by atoms with van der Waals surface area (Å²) in [5, 5.41) is 0. The molecule has 0 unspecified atom stereocenters. The minimum atomic E-state index is 0.899. The smallest absolute Gasteiger partial charge is 0.205 e. The fourth-order valence-electron chi connectivity index (χ4n) is 5.21. The molecule has 0 radical (unpaired) electrons. The van der Waals surface area contributed by atoms with Crippen molar-refractivity contribution >= 4 is 24.3 Å². The molecule has 3 heterocycles. The van der Waals surface area contributed by atoms with Crippen LogP contribution in [-0.2, 0) is 6.54 Å². The molecule has 0 fully saturated rings. The zero-order chi connectivity index (χ0) is 26.6. The summed E-state index contributed by atoms with van der Waals surface area (Å²) in [5.41, 5.74) is 12.1. The normalized spacial score (nSPS) is 11.7. The molecule has 0 saturated carbocycles. The summed E-state index contributed by atoms with van der Waals surface area (Å²) >= 11 is 0. The van der Waals surface area contributed by atoms with Crippen LogP contribution in [0.1, 0.15) is 52.2 Å². The standard InChI is InChI=1S/C35H36N3/c1-6-36-32(20-14-30-16-22-34(23-17-30)37-26(2)10-11-27(37)3)8-7-9-33(36)21-15-31-18-24-35(25-19-31)38-28(4)12-13-29(38)5/h7-25H,6H2,1-5H3/q+1. The number of hydrogen-bond donors (Lipinski definition) is 0. The van der Waals surface area contributed by atoms with Gasteiger partial charge >= 0.3 is 0 Å². The number of benzene rings is 2. The molecule has 190 valence electrons. The van der Waals surface area contributed by atoms with E-state index in [0.29, 0.717) is 0 Å². The van der Waals surface area contributed by atoms with E-state index < -0.39 is 0 Å². The number of aryl methyl sites for hydroxylation is 4. The monoisotopic (exact) mass is 498 g/mol. The van der Waals surface area contributed by atoms with Gasteiger partial charge in [0.1, 0.15) is 6.54 Å². The van der Waals surface area contributed by atoms with Crippen LogP contribution in [0.3, 0.4) is 0 Å². The predicted molar refractivity (Wildman–Crippen MR) is 161 cm³/mol. The summed E-state index contributed by atoms with van der Waals surface area (Å²) in [6.07, 6.45) is 8.80. The molecule has 0 amide bonds. The highest BCUT2D eigenvalue weighted by Crippen LogP contribution is 2.19. The van der Waals surface area contributed by atoms with Crippen LogP contribution in [0.25, 0.3) is 35.7 Å². The topological polar surface area (TPSA) is 13.7 Å². The maximum absolute atomic E-state index is 2.34. The van der Waals surface area contributed by atoms with E-state index in [1.807, 2.05) is 0 Å². The first-order valence-corrected chi connectivity index (χ1v) is 13.3. The van der Waals surface area contributed by atoms with Gasteiger partial charge in [0.25, 0.3) is 0 Å². The number of nitrogens with zero attached hydrogens (tertiary/aromatic N) is 3. The van der Waals surface area contributed by atoms with Crippen molar-refractivity contribution in [2.45, 2.75) is 41.2 Å². The predicted octanol–water partition coefficient (Wildman–Crippen LogP) is 8.15. The van der Waals surface area contributed by atoms with Crippen molar-refractivity contribution in [2.24, 2.45) is 0 Å². The molecule has 3 nitrogen and oxygen atoms in total. The molecule has 0 saturated heterocycles. The fourth-order valence-corrected chi connectivity index (χ4v) is 5.21. The molecule has 0 aliphatic carbocycles. The molecule has 3 aromatic heterocycles. The SMILES string of the molecule is CC[n+]1c(/C=C/c2ccc(-n3c(C)ccc3C)cc2)cccc1/C=C/c1ccc(-n2c(C)ccc2C)cc1. The second-order valence-corrected chi connectivity index (χ2v) is 9.87. The molecule has 0 spiro atoms. The van der Waals surface area contributed by atoms with Gasteiger partial charge in [0.15, 0.2) is 0 Å². The lowest BCUT2D eigenvalue weighted by Gasteiger charge is -2.09. The summed E-state index contributed by atoms with van der Waals surface area (Å²) in [4.78, 5) is 0. The third-order valence-corrected chi connectivity index (χ3v) is 7.21. The largest absolute Gasteiger partial charge is 0.319 e. The molecule has 2 aromatic carbocycles. The summed E-state index contributed by atoms with van der Waals surface area (Å²) in [7, 11) is 0. The van der Waals surface area contributed by atoms with Gasteiger partial charge < -0.3 is 9.13 Å². The molecule has 0 aliphatic heterocycles. The van der Waals surface area contributed by atoms with Crippen molar-refractivity contribution in [2.75, 3.05) is 0 Å². The zero-order valence-electron chi connectivity index (χ0n) is 23.0. The van der Waals surface area contributed by atoms with Crippen LogP contribution in [0.4, 0.5) is 0 Å². The van der Waals surface area contributed by atoms with E-state index in [0.717, 1.165) is 6.54 Å². The minimum Gasteiger partial charge on any atom is -0.319 e. The van der Waals surface area contributed by atoms with Crippen molar-refractivity contribution in [1.29, 1.82) is 0 Å². The van der Waals surface area contributed by atoms with Gasteiger partial charge in [0.05, 0.1) is 0 Å².